The van der Waals surface area contributed by atoms with Gasteiger partial charge >= 0.3 is 0 Å². The number of hydrogen-bond acceptors (Lipinski definition) is 2. The Morgan fingerprint density at radius 3 is 2.67 bits per heavy atom. The van der Waals surface area contributed by atoms with Crippen molar-refractivity contribution in [3.8, 4) is 5.75 Å². The van der Waals surface area contributed by atoms with E-state index >= 15 is 0 Å². The Morgan fingerprint density at radius 1 is 1.13 bits per heavy atom. The van der Waals surface area contributed by atoms with Crippen molar-refractivity contribution < 1.29 is 5.11 Å². The summed E-state index contributed by atoms with van der Waals surface area (Å²) in [7, 11) is 0. The van der Waals surface area contributed by atoms with Crippen LogP contribution in [-0.4, -0.2) is 11.1 Å². The van der Waals surface area contributed by atoms with Crippen molar-refractivity contribution in [1.29, 1.82) is 0 Å². The smallest absolute Gasteiger partial charge is 0.116 e. The molecule has 0 bridgehead atoms. The molecule has 0 spiro atoms. The van der Waals surface area contributed by atoms with Gasteiger partial charge in [-0.05, 0) is 66.8 Å². The van der Waals surface area contributed by atoms with Gasteiger partial charge in [0.1, 0.15) is 5.75 Å². The van der Waals surface area contributed by atoms with Crippen LogP contribution in [0.1, 0.15) is 41.9 Å². The first-order valence-corrected chi connectivity index (χ1v) is 5.86. The Hall–Kier alpha value is -1.02. The van der Waals surface area contributed by atoms with E-state index in [0.717, 1.165) is 19.3 Å². The van der Waals surface area contributed by atoms with E-state index in [-0.39, 0.29) is 0 Å². The van der Waals surface area contributed by atoms with Crippen LogP contribution in [0.3, 0.4) is 0 Å². The zero-order chi connectivity index (χ0) is 10.4. The molecule has 3 N–H and O–H groups in total. The number of aromatic hydroxyl groups is 1. The van der Waals surface area contributed by atoms with E-state index in [0.29, 0.717) is 17.7 Å². The van der Waals surface area contributed by atoms with Crippen molar-refractivity contribution in [2.75, 3.05) is 0 Å². The van der Waals surface area contributed by atoms with Crippen molar-refractivity contribution in [3.05, 3.63) is 28.8 Å². The summed E-state index contributed by atoms with van der Waals surface area (Å²) in [5.74, 6) is 0.984. The highest BCUT2D eigenvalue weighted by molar-refractivity contribution is 5.47. The molecule has 2 nitrogen and oxygen atoms in total. The van der Waals surface area contributed by atoms with E-state index in [1.54, 1.807) is 0 Å². The Labute approximate surface area is 90.1 Å². The number of benzene rings is 1. The Balaban J connectivity index is 2.18. The lowest BCUT2D eigenvalue weighted by Gasteiger charge is -2.36. The number of nitrogens with two attached hydrogens (primary N) is 1. The molecule has 0 fully saturated rings. The van der Waals surface area contributed by atoms with E-state index in [2.05, 4.69) is 0 Å². The monoisotopic (exact) mass is 203 g/mol. The highest BCUT2D eigenvalue weighted by Crippen LogP contribution is 2.42. The normalized spacial score (nSPS) is 28.6. The summed E-state index contributed by atoms with van der Waals surface area (Å²) < 4.78 is 0. The molecule has 0 aliphatic heterocycles. The van der Waals surface area contributed by atoms with Gasteiger partial charge in [-0.1, -0.05) is 0 Å². The van der Waals surface area contributed by atoms with Crippen molar-refractivity contribution in [2.24, 2.45) is 5.73 Å². The van der Waals surface area contributed by atoms with E-state index in [1.807, 2.05) is 12.1 Å². The van der Waals surface area contributed by atoms with E-state index in [9.17, 15) is 5.11 Å². The second-order valence-electron chi connectivity index (χ2n) is 4.88. The fraction of sp³-hybridized carbons (Fsp3) is 0.538. The average Bonchev–Trinajstić information content (AvgIpc) is 2.23. The summed E-state index contributed by atoms with van der Waals surface area (Å²) in [5, 5.41) is 9.65. The van der Waals surface area contributed by atoms with Crippen molar-refractivity contribution in [3.63, 3.8) is 0 Å². The predicted molar refractivity (Wildman–Crippen MR) is 60.1 cm³/mol. The van der Waals surface area contributed by atoms with Gasteiger partial charge in [-0.15, -0.1) is 0 Å². The lowest BCUT2D eigenvalue weighted by Crippen LogP contribution is -2.35. The molecule has 2 aliphatic rings. The van der Waals surface area contributed by atoms with Crippen molar-refractivity contribution in [1.82, 2.24) is 0 Å². The van der Waals surface area contributed by atoms with Gasteiger partial charge in [-0.2, -0.15) is 0 Å². The Kier molecular flexibility index (Phi) is 1.99. The maximum Gasteiger partial charge on any atom is 0.116 e. The SMILES string of the molecule is NC1CCc2cc(O)cc3c2C1CCC3. The van der Waals surface area contributed by atoms with Crippen molar-refractivity contribution >= 4 is 0 Å². The molecule has 0 saturated heterocycles. The molecule has 2 aliphatic carbocycles. The Morgan fingerprint density at radius 2 is 1.87 bits per heavy atom. The minimum atomic E-state index is 0.334. The third-order valence-electron chi connectivity index (χ3n) is 3.93. The summed E-state index contributed by atoms with van der Waals surface area (Å²) in [5.41, 5.74) is 10.3. The summed E-state index contributed by atoms with van der Waals surface area (Å²) in [4.78, 5) is 0. The fourth-order valence-corrected chi connectivity index (χ4v) is 3.26. The summed E-state index contributed by atoms with van der Waals surface area (Å²) in [6.07, 6.45) is 5.66. The molecule has 0 saturated carbocycles. The number of phenols is 1. The third kappa shape index (κ3) is 1.36. The summed E-state index contributed by atoms with van der Waals surface area (Å²) in [6, 6.07) is 4.20. The molecule has 2 atom stereocenters. The predicted octanol–water partition coefficient (Wildman–Crippen LogP) is 2.09. The van der Waals surface area contributed by atoms with Crippen LogP contribution in [0, 0.1) is 0 Å². The van der Waals surface area contributed by atoms with Gasteiger partial charge in [-0.3, -0.25) is 0 Å². The zero-order valence-electron chi connectivity index (χ0n) is 8.87. The lowest BCUT2D eigenvalue weighted by atomic mass is 9.71. The van der Waals surface area contributed by atoms with Crippen molar-refractivity contribution in [2.45, 2.75) is 44.1 Å². The molecule has 0 radical (unpaired) electrons. The topological polar surface area (TPSA) is 46.2 Å². The minimum Gasteiger partial charge on any atom is -0.508 e. The van der Waals surface area contributed by atoms with Crippen LogP contribution in [0.15, 0.2) is 12.1 Å². The van der Waals surface area contributed by atoms with Crippen LogP contribution in [0.25, 0.3) is 0 Å². The molecule has 0 aromatic heterocycles. The number of phenolic OH excluding ortho intramolecular Hbond substituents is 1. The van der Waals surface area contributed by atoms with Gasteiger partial charge in [0.2, 0.25) is 0 Å². The first-order valence-electron chi connectivity index (χ1n) is 5.86. The summed E-state index contributed by atoms with van der Waals surface area (Å²) >= 11 is 0. The molecule has 3 rings (SSSR count). The maximum atomic E-state index is 9.65. The van der Waals surface area contributed by atoms with E-state index in [4.69, 9.17) is 5.73 Å². The Bertz CT molecular complexity index is 383. The van der Waals surface area contributed by atoms with Crippen LogP contribution in [0.5, 0.6) is 5.75 Å². The van der Waals surface area contributed by atoms with Gasteiger partial charge in [-0.25, -0.2) is 0 Å². The fourth-order valence-electron chi connectivity index (χ4n) is 3.26. The lowest BCUT2D eigenvalue weighted by molar-refractivity contribution is 0.411. The molecule has 80 valence electrons. The first-order chi connectivity index (χ1) is 7.25. The molecular formula is C13H17NO. The van der Waals surface area contributed by atoms with Crippen LogP contribution in [-0.2, 0) is 12.8 Å². The summed E-state index contributed by atoms with van der Waals surface area (Å²) in [6.45, 7) is 0. The number of aryl methyl sites for hydroxylation is 2. The maximum absolute atomic E-state index is 9.65. The number of rotatable bonds is 0. The zero-order valence-corrected chi connectivity index (χ0v) is 8.87. The molecule has 0 amide bonds. The van der Waals surface area contributed by atoms with Gasteiger partial charge in [0, 0.05) is 6.04 Å². The number of hydrogen-bond donors (Lipinski definition) is 2. The van der Waals surface area contributed by atoms with E-state index < -0.39 is 0 Å². The van der Waals surface area contributed by atoms with E-state index in [1.165, 1.54) is 29.5 Å². The van der Waals surface area contributed by atoms with Gasteiger partial charge in [0.25, 0.3) is 0 Å². The first kappa shape index (κ1) is 9.22. The van der Waals surface area contributed by atoms with Gasteiger partial charge < -0.3 is 10.8 Å². The van der Waals surface area contributed by atoms with Crippen LogP contribution in [0.2, 0.25) is 0 Å². The second-order valence-corrected chi connectivity index (χ2v) is 4.88. The standard InChI is InChI=1S/C13H17NO/c14-12-5-4-9-7-10(15)6-8-2-1-3-11(12)13(8)9/h6-7,11-12,15H,1-5,14H2. The van der Waals surface area contributed by atoms with Crippen LogP contribution >= 0.6 is 0 Å². The van der Waals surface area contributed by atoms with Gasteiger partial charge in [0.05, 0.1) is 0 Å². The molecule has 2 unspecified atom stereocenters. The highest BCUT2D eigenvalue weighted by Gasteiger charge is 2.31. The second kappa shape index (κ2) is 3.24. The third-order valence-corrected chi connectivity index (χ3v) is 3.93. The molecule has 1 aromatic rings. The molecule has 2 heteroatoms. The minimum absolute atomic E-state index is 0.334. The largest absolute Gasteiger partial charge is 0.508 e. The molecule has 15 heavy (non-hydrogen) atoms. The quantitative estimate of drug-likeness (QED) is 0.678. The average molecular weight is 203 g/mol. The highest BCUT2D eigenvalue weighted by atomic mass is 16.3. The molecular weight excluding hydrogens is 186 g/mol. The van der Waals surface area contributed by atoms with Crippen LogP contribution < -0.4 is 5.73 Å². The molecule has 1 aromatic carbocycles. The molecule has 0 heterocycles. The van der Waals surface area contributed by atoms with Crippen LogP contribution in [0.4, 0.5) is 0 Å². The van der Waals surface area contributed by atoms with Gasteiger partial charge in [0.15, 0.2) is 0 Å².